The lowest BCUT2D eigenvalue weighted by Crippen LogP contribution is -2.43. The molecule has 2 atom stereocenters. The summed E-state index contributed by atoms with van der Waals surface area (Å²) in [7, 11) is 3.68. The van der Waals surface area contributed by atoms with Crippen molar-refractivity contribution < 1.29 is 9.13 Å². The van der Waals surface area contributed by atoms with E-state index in [-0.39, 0.29) is 18.4 Å². The van der Waals surface area contributed by atoms with Crippen LogP contribution in [-0.4, -0.2) is 59.1 Å². The number of likely N-dealkylation sites (tertiary alicyclic amines) is 2. The van der Waals surface area contributed by atoms with E-state index in [0.29, 0.717) is 34.8 Å². The largest absolute Gasteiger partial charge is 0.467 e. The molecule has 2 bridgehead atoms. The number of rotatable bonds is 6. The van der Waals surface area contributed by atoms with Crippen LogP contribution in [0.1, 0.15) is 23.2 Å². The monoisotopic (exact) mass is 386 g/mol. The number of nitrogens with one attached hydrogen (secondary N) is 1. The van der Waals surface area contributed by atoms with Crippen LogP contribution in [0.15, 0.2) is 18.2 Å². The number of nitrogen functional groups attached to an aromatic ring is 1. The summed E-state index contributed by atoms with van der Waals surface area (Å²) in [5.41, 5.74) is 8.66. The smallest absolute Gasteiger partial charge is 0.318 e. The first-order chi connectivity index (χ1) is 13.4. The maximum absolute atomic E-state index is 14.6. The average Bonchev–Trinajstić information content (AvgIpc) is 3.23. The Morgan fingerprint density at radius 3 is 2.75 bits per heavy atom. The lowest BCUT2D eigenvalue weighted by Gasteiger charge is -2.31. The maximum atomic E-state index is 14.6. The second-order valence-electron chi connectivity index (χ2n) is 7.75. The number of likely N-dealkylation sites (N-methyl/N-ethyl adjacent to an activating group) is 1. The fraction of sp³-hybridized carbons (Fsp3) is 0.500. The molecule has 0 radical (unpaired) electrons. The van der Waals surface area contributed by atoms with Crippen LogP contribution in [0.25, 0.3) is 0 Å². The van der Waals surface area contributed by atoms with Crippen molar-refractivity contribution in [3.63, 3.8) is 0 Å². The third-order valence-corrected chi connectivity index (χ3v) is 5.88. The van der Waals surface area contributed by atoms with Gasteiger partial charge in [-0.2, -0.15) is 9.97 Å². The summed E-state index contributed by atoms with van der Waals surface area (Å²) in [5, 5.41) is 3.09. The molecule has 7 nitrogen and oxygen atoms in total. The topological polar surface area (TPSA) is 79.5 Å². The van der Waals surface area contributed by atoms with Gasteiger partial charge in [0, 0.05) is 43.8 Å². The Bertz CT molecular complexity index is 874. The molecule has 0 aliphatic carbocycles. The summed E-state index contributed by atoms with van der Waals surface area (Å²) < 4.78 is 19.7. The van der Waals surface area contributed by atoms with Gasteiger partial charge in [0.1, 0.15) is 5.82 Å². The number of nitrogens with zero attached hydrogens (tertiary/aromatic N) is 4. The number of halogens is 1. The molecule has 0 amide bonds. The molecule has 28 heavy (non-hydrogen) atoms. The van der Waals surface area contributed by atoms with Gasteiger partial charge < -0.3 is 20.7 Å². The Hall–Kier alpha value is -2.45. The van der Waals surface area contributed by atoms with E-state index in [0.717, 1.165) is 25.2 Å². The first kappa shape index (κ1) is 18.9. The molecule has 4 rings (SSSR count). The van der Waals surface area contributed by atoms with Gasteiger partial charge in [0.2, 0.25) is 0 Å². The molecular formula is C20H27FN6O. The molecule has 2 fully saturated rings. The lowest BCUT2D eigenvalue weighted by molar-refractivity contribution is 0.143. The van der Waals surface area contributed by atoms with Crippen molar-refractivity contribution in [2.45, 2.75) is 38.5 Å². The van der Waals surface area contributed by atoms with E-state index >= 15 is 0 Å². The number of aryl methyl sites for hydroxylation is 1. The second kappa shape index (κ2) is 7.52. The number of aromatic nitrogens is 2. The quantitative estimate of drug-likeness (QED) is 0.786. The Morgan fingerprint density at radius 2 is 2.11 bits per heavy atom. The standard InChI is InChI=1S/C20H27FN6O/c1-12-18(22)19(25-20(24-12)28-3)23-8-14-5-4-13(6-17(14)21)9-27-11-15-7-16(27)10-26(15)2/h4-6,15-16H,7-11,22H2,1-3H3,(H,23,24,25)/t15-,16-/m0/s1. The highest BCUT2D eigenvalue weighted by atomic mass is 19.1. The van der Waals surface area contributed by atoms with Gasteiger partial charge in [0.25, 0.3) is 0 Å². The minimum Gasteiger partial charge on any atom is -0.467 e. The highest BCUT2D eigenvalue weighted by Crippen LogP contribution is 2.30. The fourth-order valence-corrected chi connectivity index (χ4v) is 4.17. The Kier molecular flexibility index (Phi) is 5.07. The summed E-state index contributed by atoms with van der Waals surface area (Å²) in [6.45, 7) is 5.05. The molecule has 3 heterocycles. The van der Waals surface area contributed by atoms with E-state index in [1.54, 1.807) is 13.0 Å². The van der Waals surface area contributed by atoms with Gasteiger partial charge in [-0.1, -0.05) is 12.1 Å². The summed E-state index contributed by atoms with van der Waals surface area (Å²) in [4.78, 5) is 13.2. The third kappa shape index (κ3) is 3.62. The van der Waals surface area contributed by atoms with Gasteiger partial charge in [-0.15, -0.1) is 0 Å². The average molecular weight is 386 g/mol. The molecule has 3 N–H and O–H groups in total. The van der Waals surface area contributed by atoms with Crippen molar-refractivity contribution in [3.8, 4) is 6.01 Å². The van der Waals surface area contributed by atoms with Crippen molar-refractivity contribution in [1.82, 2.24) is 19.8 Å². The molecule has 150 valence electrons. The van der Waals surface area contributed by atoms with Crippen molar-refractivity contribution in [2.24, 2.45) is 0 Å². The number of ether oxygens (including phenoxy) is 1. The first-order valence-electron chi connectivity index (χ1n) is 9.58. The predicted octanol–water partition coefficient (Wildman–Crippen LogP) is 2.02. The molecule has 2 saturated heterocycles. The van der Waals surface area contributed by atoms with Gasteiger partial charge in [-0.05, 0) is 32.0 Å². The van der Waals surface area contributed by atoms with Gasteiger partial charge in [-0.25, -0.2) is 4.39 Å². The maximum Gasteiger partial charge on any atom is 0.318 e. The summed E-state index contributed by atoms with van der Waals surface area (Å²) in [6, 6.07) is 6.96. The SMILES string of the molecule is COc1nc(C)c(N)c(NCc2ccc(CN3C[C@@H]4C[C@H]3CN4C)cc2F)n1. The minimum absolute atomic E-state index is 0.220. The van der Waals surface area contributed by atoms with Crippen LogP contribution in [0.3, 0.4) is 0 Å². The van der Waals surface area contributed by atoms with E-state index in [2.05, 4.69) is 32.1 Å². The van der Waals surface area contributed by atoms with Gasteiger partial charge in [0.05, 0.1) is 18.5 Å². The Labute approximate surface area is 164 Å². The third-order valence-electron chi connectivity index (χ3n) is 5.88. The van der Waals surface area contributed by atoms with Crippen molar-refractivity contribution in [2.75, 3.05) is 38.3 Å². The Balaban J connectivity index is 1.41. The second-order valence-corrected chi connectivity index (χ2v) is 7.75. The fourth-order valence-electron chi connectivity index (χ4n) is 4.17. The van der Waals surface area contributed by atoms with Crippen LogP contribution in [0.2, 0.25) is 0 Å². The number of piperazine rings is 1. The number of benzene rings is 1. The van der Waals surface area contributed by atoms with E-state index in [1.807, 2.05) is 12.1 Å². The molecule has 0 unspecified atom stereocenters. The molecule has 2 aliphatic heterocycles. The van der Waals surface area contributed by atoms with Crippen molar-refractivity contribution in [3.05, 3.63) is 40.8 Å². The van der Waals surface area contributed by atoms with Crippen molar-refractivity contribution in [1.29, 1.82) is 0 Å². The number of hydrogen-bond acceptors (Lipinski definition) is 7. The van der Waals surface area contributed by atoms with Gasteiger partial charge in [0.15, 0.2) is 5.82 Å². The van der Waals surface area contributed by atoms with Crippen molar-refractivity contribution >= 4 is 11.5 Å². The molecule has 1 aromatic heterocycles. The van der Waals surface area contributed by atoms with E-state index < -0.39 is 0 Å². The van der Waals surface area contributed by atoms with Crippen LogP contribution < -0.4 is 15.8 Å². The molecule has 1 aromatic carbocycles. The molecule has 0 spiro atoms. The number of fused-ring (bicyclic) bond motifs is 2. The predicted molar refractivity (Wildman–Crippen MR) is 107 cm³/mol. The highest BCUT2D eigenvalue weighted by molar-refractivity contribution is 5.64. The summed E-state index contributed by atoms with van der Waals surface area (Å²) >= 11 is 0. The molecule has 2 aliphatic rings. The summed E-state index contributed by atoms with van der Waals surface area (Å²) in [5.74, 6) is 0.229. The van der Waals surface area contributed by atoms with Crippen LogP contribution in [0.4, 0.5) is 15.9 Å². The Morgan fingerprint density at radius 1 is 1.29 bits per heavy atom. The lowest BCUT2D eigenvalue weighted by atomic mass is 10.1. The van der Waals surface area contributed by atoms with Gasteiger partial charge >= 0.3 is 6.01 Å². The number of methoxy groups -OCH3 is 1. The first-order valence-corrected chi connectivity index (χ1v) is 9.58. The van der Waals surface area contributed by atoms with E-state index in [4.69, 9.17) is 10.5 Å². The number of anilines is 2. The van der Waals surface area contributed by atoms with Crippen LogP contribution in [0.5, 0.6) is 6.01 Å². The van der Waals surface area contributed by atoms with E-state index in [1.165, 1.54) is 13.5 Å². The minimum atomic E-state index is -0.220. The molecule has 8 heteroatoms. The molecular weight excluding hydrogens is 359 g/mol. The van der Waals surface area contributed by atoms with Crippen LogP contribution in [-0.2, 0) is 13.1 Å². The zero-order chi connectivity index (χ0) is 19.8. The zero-order valence-corrected chi connectivity index (χ0v) is 16.6. The number of nitrogens with two attached hydrogens (primary N) is 1. The normalized spacial score (nSPS) is 22.0. The summed E-state index contributed by atoms with van der Waals surface area (Å²) in [6.07, 6.45) is 1.23. The molecule has 0 saturated carbocycles. The van der Waals surface area contributed by atoms with E-state index in [9.17, 15) is 4.39 Å². The van der Waals surface area contributed by atoms with Gasteiger partial charge in [-0.3, -0.25) is 4.90 Å². The van der Waals surface area contributed by atoms with Crippen LogP contribution >= 0.6 is 0 Å². The molecule has 2 aromatic rings. The number of hydrogen-bond donors (Lipinski definition) is 2. The zero-order valence-electron chi connectivity index (χ0n) is 16.6. The van der Waals surface area contributed by atoms with Crippen LogP contribution in [0, 0.1) is 12.7 Å². The highest BCUT2D eigenvalue weighted by Gasteiger charge is 2.41.